The van der Waals surface area contributed by atoms with Crippen LogP contribution in [-0.2, 0) is 27.2 Å². The number of nitrogens with zero attached hydrogens (tertiary/aromatic N) is 1. The van der Waals surface area contributed by atoms with Gasteiger partial charge in [-0.1, -0.05) is 47.5 Å². The molecule has 3 amide bonds. The smallest absolute Gasteiger partial charge is 0.243 e. The molecule has 0 radical (unpaired) electrons. The van der Waals surface area contributed by atoms with Crippen LogP contribution in [0.3, 0.4) is 0 Å². The molecule has 218 valence electrons. The van der Waals surface area contributed by atoms with Gasteiger partial charge in [-0.15, -0.1) is 0 Å². The van der Waals surface area contributed by atoms with Gasteiger partial charge in [-0.3, -0.25) is 14.4 Å². The fraction of sp³-hybridized carbons (Fsp3) is 0.500. The van der Waals surface area contributed by atoms with Gasteiger partial charge in [0.05, 0.1) is 10.0 Å². The van der Waals surface area contributed by atoms with Crippen molar-refractivity contribution in [2.24, 2.45) is 5.92 Å². The Labute approximate surface area is 247 Å². The molecule has 1 aliphatic rings. The van der Waals surface area contributed by atoms with Gasteiger partial charge in [0.2, 0.25) is 18.2 Å². The highest BCUT2D eigenvalue weighted by atomic mass is 35.5. The number of aryl methyl sites for hydroxylation is 1. The highest BCUT2D eigenvalue weighted by molar-refractivity contribution is 6.42. The van der Waals surface area contributed by atoms with E-state index in [0.29, 0.717) is 42.1 Å². The van der Waals surface area contributed by atoms with Crippen molar-refractivity contribution in [3.8, 4) is 5.75 Å². The van der Waals surface area contributed by atoms with Crippen molar-refractivity contribution in [2.75, 3.05) is 26.7 Å². The summed E-state index contributed by atoms with van der Waals surface area (Å²) in [4.78, 5) is 38.2. The molecular weight excluding hydrogens is 551 g/mol. The lowest BCUT2D eigenvalue weighted by molar-refractivity contribution is -0.134. The molecule has 1 fully saturated rings. The van der Waals surface area contributed by atoms with Crippen molar-refractivity contribution in [2.45, 2.75) is 64.1 Å². The van der Waals surface area contributed by atoms with Crippen molar-refractivity contribution in [3.05, 3.63) is 63.6 Å². The largest absolute Gasteiger partial charge is 0.492 e. The Balaban J connectivity index is 1.52. The first-order chi connectivity index (χ1) is 19.2. The molecule has 2 aromatic rings. The van der Waals surface area contributed by atoms with E-state index in [-0.39, 0.29) is 12.3 Å². The molecular formula is C30H40Cl2N4O4. The molecule has 40 heavy (non-hydrogen) atoms. The second-order valence-corrected chi connectivity index (χ2v) is 11.2. The second-order valence-electron chi connectivity index (χ2n) is 10.4. The molecule has 0 aliphatic heterocycles. The summed E-state index contributed by atoms with van der Waals surface area (Å²) in [6, 6.07) is 12.0. The first kappa shape index (κ1) is 31.7. The highest BCUT2D eigenvalue weighted by Crippen LogP contribution is 2.32. The van der Waals surface area contributed by atoms with Crippen molar-refractivity contribution >= 4 is 41.4 Å². The summed E-state index contributed by atoms with van der Waals surface area (Å²) in [6.07, 6.45) is 4.84. The minimum atomic E-state index is -0.853. The number of nitrogens with one attached hydrogen (secondary N) is 3. The molecule has 8 nitrogen and oxygen atoms in total. The summed E-state index contributed by atoms with van der Waals surface area (Å²) in [5.41, 5.74) is 1.83. The van der Waals surface area contributed by atoms with Crippen molar-refractivity contribution in [3.63, 3.8) is 0 Å². The van der Waals surface area contributed by atoms with E-state index in [1.54, 1.807) is 25.1 Å². The number of carbonyl (C=O) groups is 3. The SMILES string of the molecule is C[C@H](C(=O)N[C@H](Cc1ccc(Cl)c(Cl)c1)C(=O)NCCCc1ccccc1OCCN[C@H](C)C1CC1)N(C)C=O. The van der Waals surface area contributed by atoms with Crippen LogP contribution >= 0.6 is 23.2 Å². The van der Waals surface area contributed by atoms with Gasteiger partial charge in [0.1, 0.15) is 24.4 Å². The van der Waals surface area contributed by atoms with Gasteiger partial charge >= 0.3 is 0 Å². The maximum atomic E-state index is 13.2. The number of amides is 3. The zero-order valence-corrected chi connectivity index (χ0v) is 24.9. The number of likely N-dealkylation sites (N-methyl/N-ethyl adjacent to an activating group) is 1. The van der Waals surface area contributed by atoms with Crippen LogP contribution < -0.4 is 20.7 Å². The zero-order chi connectivity index (χ0) is 29.1. The van der Waals surface area contributed by atoms with Crippen LogP contribution in [0.1, 0.15) is 44.2 Å². The number of hydrogen-bond donors (Lipinski definition) is 3. The quantitative estimate of drug-likeness (QED) is 0.191. The van der Waals surface area contributed by atoms with Crippen LogP contribution in [-0.4, -0.2) is 68.0 Å². The number of benzene rings is 2. The standard InChI is InChI=1S/C30H40Cl2N4O4/c1-20(23-11-12-23)33-15-16-40-28-9-5-4-7-24(28)8-6-14-34-30(39)27(35-29(38)21(2)36(3)19-37)18-22-10-13-25(31)26(32)17-22/h4-5,7,9-10,13,17,19-21,23,27,33H,6,8,11-12,14-16,18H2,1-3H3,(H,34,39)(H,35,38)/t20-,21-,27-/m1/s1. The lowest BCUT2D eigenvalue weighted by Gasteiger charge is -2.24. The summed E-state index contributed by atoms with van der Waals surface area (Å²) in [6.45, 7) is 5.64. The van der Waals surface area contributed by atoms with Gasteiger partial charge in [-0.25, -0.2) is 0 Å². The van der Waals surface area contributed by atoms with Crippen LogP contribution in [0, 0.1) is 5.92 Å². The van der Waals surface area contributed by atoms with Crippen molar-refractivity contribution in [1.29, 1.82) is 0 Å². The molecule has 0 saturated heterocycles. The lowest BCUT2D eigenvalue weighted by Crippen LogP contribution is -2.53. The van der Waals surface area contributed by atoms with E-state index in [0.717, 1.165) is 35.8 Å². The molecule has 3 atom stereocenters. The van der Waals surface area contributed by atoms with E-state index in [1.807, 2.05) is 24.3 Å². The monoisotopic (exact) mass is 590 g/mol. The number of carbonyl (C=O) groups excluding carboxylic acids is 3. The Hall–Kier alpha value is -2.81. The first-order valence-corrected chi connectivity index (χ1v) is 14.6. The lowest BCUT2D eigenvalue weighted by atomic mass is 10.0. The molecule has 0 spiro atoms. The average molecular weight is 592 g/mol. The zero-order valence-electron chi connectivity index (χ0n) is 23.4. The Bertz CT molecular complexity index is 1140. The van der Waals surface area contributed by atoms with Gasteiger partial charge in [-0.05, 0) is 74.8 Å². The van der Waals surface area contributed by atoms with Gasteiger partial charge in [0, 0.05) is 32.6 Å². The molecule has 1 saturated carbocycles. The Kier molecular flexibility index (Phi) is 12.6. The van der Waals surface area contributed by atoms with E-state index in [1.165, 1.54) is 24.8 Å². The van der Waals surface area contributed by atoms with E-state index < -0.39 is 18.0 Å². The van der Waals surface area contributed by atoms with Gasteiger partial charge in [-0.2, -0.15) is 0 Å². The summed E-state index contributed by atoms with van der Waals surface area (Å²) < 4.78 is 6.04. The summed E-state index contributed by atoms with van der Waals surface area (Å²) in [5.74, 6) is 0.913. The molecule has 1 aliphatic carbocycles. The second kappa shape index (κ2) is 15.8. The molecule has 0 unspecified atom stereocenters. The van der Waals surface area contributed by atoms with Crippen molar-refractivity contribution < 1.29 is 19.1 Å². The molecule has 0 bridgehead atoms. The van der Waals surface area contributed by atoms with Gasteiger partial charge < -0.3 is 25.6 Å². The molecule has 3 rings (SSSR count). The number of hydrogen-bond acceptors (Lipinski definition) is 5. The predicted molar refractivity (Wildman–Crippen MR) is 159 cm³/mol. The Morgan fingerprint density at radius 3 is 2.52 bits per heavy atom. The fourth-order valence-corrected chi connectivity index (χ4v) is 4.68. The maximum absolute atomic E-state index is 13.2. The van der Waals surface area contributed by atoms with Crippen molar-refractivity contribution in [1.82, 2.24) is 20.9 Å². The van der Waals surface area contributed by atoms with Crippen LogP contribution in [0.2, 0.25) is 10.0 Å². The van der Waals surface area contributed by atoms with Crippen LogP contribution in [0.5, 0.6) is 5.75 Å². The number of rotatable bonds is 17. The molecule has 0 aromatic heterocycles. The third-order valence-electron chi connectivity index (χ3n) is 7.26. The molecule has 0 heterocycles. The number of halogens is 2. The molecule has 2 aromatic carbocycles. The molecule has 3 N–H and O–H groups in total. The average Bonchev–Trinajstić information content (AvgIpc) is 3.80. The van der Waals surface area contributed by atoms with Crippen LogP contribution in [0.4, 0.5) is 0 Å². The fourth-order valence-electron chi connectivity index (χ4n) is 4.36. The van der Waals surface area contributed by atoms with Gasteiger partial charge in [0.15, 0.2) is 0 Å². The van der Waals surface area contributed by atoms with E-state index >= 15 is 0 Å². The van der Waals surface area contributed by atoms with Crippen LogP contribution in [0.25, 0.3) is 0 Å². The predicted octanol–water partition coefficient (Wildman–Crippen LogP) is 4.01. The summed E-state index contributed by atoms with van der Waals surface area (Å²) >= 11 is 12.2. The maximum Gasteiger partial charge on any atom is 0.243 e. The minimum absolute atomic E-state index is 0.218. The third kappa shape index (κ3) is 9.98. The minimum Gasteiger partial charge on any atom is -0.492 e. The third-order valence-corrected chi connectivity index (χ3v) is 8.00. The first-order valence-electron chi connectivity index (χ1n) is 13.8. The Morgan fingerprint density at radius 1 is 1.07 bits per heavy atom. The number of para-hydroxylation sites is 1. The van der Waals surface area contributed by atoms with E-state index in [2.05, 4.69) is 22.9 Å². The molecule has 10 heteroatoms. The van der Waals surface area contributed by atoms with Crippen LogP contribution in [0.15, 0.2) is 42.5 Å². The number of ether oxygens (including phenoxy) is 1. The summed E-state index contributed by atoms with van der Waals surface area (Å²) in [7, 11) is 1.51. The van der Waals surface area contributed by atoms with E-state index in [4.69, 9.17) is 27.9 Å². The topological polar surface area (TPSA) is 99.8 Å². The normalized spacial score (nSPS) is 15.0. The summed E-state index contributed by atoms with van der Waals surface area (Å²) in [5, 5.41) is 10.0. The highest BCUT2D eigenvalue weighted by Gasteiger charge is 2.27. The van der Waals surface area contributed by atoms with Gasteiger partial charge in [0.25, 0.3) is 0 Å². The van der Waals surface area contributed by atoms with E-state index in [9.17, 15) is 14.4 Å². The Morgan fingerprint density at radius 2 is 1.82 bits per heavy atom.